The molecule has 0 bridgehead atoms. The van der Waals surface area contributed by atoms with Crippen LogP contribution in [0.4, 0.5) is 0 Å². The van der Waals surface area contributed by atoms with Gasteiger partial charge in [0.25, 0.3) is 5.91 Å². The van der Waals surface area contributed by atoms with Crippen LogP contribution >= 0.6 is 0 Å². The Labute approximate surface area is 141 Å². The number of hydrogen-bond acceptors (Lipinski definition) is 4. The van der Waals surface area contributed by atoms with E-state index in [9.17, 15) is 9.59 Å². The number of furan rings is 1. The summed E-state index contributed by atoms with van der Waals surface area (Å²) in [6.07, 6.45) is 2.75. The van der Waals surface area contributed by atoms with Crippen LogP contribution in [0, 0.1) is 6.92 Å². The third-order valence-electron chi connectivity index (χ3n) is 3.77. The molecule has 1 heterocycles. The Morgan fingerprint density at radius 1 is 1.12 bits per heavy atom. The van der Waals surface area contributed by atoms with E-state index in [1.807, 2.05) is 21.0 Å². The Hall–Kier alpha value is -2.60. The fourth-order valence-electron chi connectivity index (χ4n) is 2.32. The molecule has 0 saturated heterocycles. The van der Waals surface area contributed by atoms with Crippen LogP contribution in [0.3, 0.4) is 0 Å². The summed E-state index contributed by atoms with van der Waals surface area (Å²) in [4.78, 5) is 25.8. The van der Waals surface area contributed by atoms with E-state index in [0.29, 0.717) is 12.1 Å². The Morgan fingerprint density at radius 2 is 1.83 bits per heavy atom. The van der Waals surface area contributed by atoms with E-state index in [1.165, 1.54) is 18.1 Å². The molecule has 2 N–H and O–H groups in total. The van der Waals surface area contributed by atoms with Crippen molar-refractivity contribution in [3.63, 3.8) is 0 Å². The first-order chi connectivity index (χ1) is 11.5. The number of rotatable bonds is 7. The number of nitrogens with zero attached hydrogens (tertiary/aromatic N) is 1. The third-order valence-corrected chi connectivity index (χ3v) is 3.77. The minimum absolute atomic E-state index is 0.0686. The summed E-state index contributed by atoms with van der Waals surface area (Å²) in [5.41, 5.74) is 2.73. The number of amides is 2. The van der Waals surface area contributed by atoms with Gasteiger partial charge in [0.15, 0.2) is 0 Å². The number of aryl methyl sites for hydroxylation is 1. The van der Waals surface area contributed by atoms with Gasteiger partial charge in [0.2, 0.25) is 5.91 Å². The smallest absolute Gasteiger partial charge is 0.254 e. The van der Waals surface area contributed by atoms with E-state index in [2.05, 4.69) is 39.8 Å². The summed E-state index contributed by atoms with van der Waals surface area (Å²) in [5.74, 6) is -0.563. The van der Waals surface area contributed by atoms with Crippen molar-refractivity contribution in [3.05, 3.63) is 59.5 Å². The first-order valence-electron chi connectivity index (χ1n) is 7.77. The minimum Gasteiger partial charge on any atom is -0.472 e. The van der Waals surface area contributed by atoms with Crippen molar-refractivity contribution in [2.75, 3.05) is 27.2 Å². The summed E-state index contributed by atoms with van der Waals surface area (Å²) >= 11 is 0. The molecule has 0 saturated carbocycles. The molecular formula is C18H23N3O3. The Kier molecular flexibility index (Phi) is 6.14. The fourth-order valence-corrected chi connectivity index (χ4v) is 2.32. The zero-order valence-corrected chi connectivity index (χ0v) is 14.2. The molecule has 128 valence electrons. The summed E-state index contributed by atoms with van der Waals surface area (Å²) < 4.78 is 4.84. The fraction of sp³-hybridized carbons (Fsp3) is 0.333. The number of hydrogen-bond donors (Lipinski definition) is 2. The molecule has 1 aromatic heterocycles. The third kappa shape index (κ3) is 4.96. The van der Waals surface area contributed by atoms with E-state index < -0.39 is 0 Å². The summed E-state index contributed by atoms with van der Waals surface area (Å²) in [6.45, 7) is 2.44. The van der Waals surface area contributed by atoms with Crippen LogP contribution in [0.15, 0.2) is 47.3 Å². The molecule has 2 rings (SSSR count). The molecule has 1 aromatic carbocycles. The second kappa shape index (κ2) is 8.31. The SMILES string of the molecule is Cc1ccc([C@H](CNC(=O)CNC(=O)c2ccoc2)N(C)C)cc1. The largest absolute Gasteiger partial charge is 0.472 e. The highest BCUT2D eigenvalue weighted by atomic mass is 16.3. The van der Waals surface area contributed by atoms with Gasteiger partial charge in [-0.15, -0.1) is 0 Å². The lowest BCUT2D eigenvalue weighted by atomic mass is 10.0. The van der Waals surface area contributed by atoms with Crippen molar-refractivity contribution >= 4 is 11.8 Å². The average molecular weight is 329 g/mol. The minimum atomic E-state index is -0.332. The first kappa shape index (κ1) is 17.7. The Bertz CT molecular complexity index is 663. The quantitative estimate of drug-likeness (QED) is 0.811. The van der Waals surface area contributed by atoms with Gasteiger partial charge in [0.1, 0.15) is 6.26 Å². The number of carbonyl (C=O) groups excluding carboxylic acids is 2. The number of nitrogens with one attached hydrogen (secondary N) is 2. The zero-order valence-electron chi connectivity index (χ0n) is 14.2. The topological polar surface area (TPSA) is 74.6 Å². The molecule has 6 heteroatoms. The van der Waals surface area contributed by atoms with Crippen molar-refractivity contribution in [2.24, 2.45) is 0 Å². The summed E-state index contributed by atoms with van der Waals surface area (Å²) in [7, 11) is 3.94. The van der Waals surface area contributed by atoms with Gasteiger partial charge in [-0.05, 0) is 32.6 Å². The lowest BCUT2D eigenvalue weighted by Crippen LogP contribution is -2.40. The molecule has 6 nitrogen and oxygen atoms in total. The monoisotopic (exact) mass is 329 g/mol. The first-order valence-corrected chi connectivity index (χ1v) is 7.77. The van der Waals surface area contributed by atoms with Crippen LogP contribution in [-0.4, -0.2) is 43.9 Å². The van der Waals surface area contributed by atoms with Gasteiger partial charge in [-0.2, -0.15) is 0 Å². The van der Waals surface area contributed by atoms with Crippen LogP contribution < -0.4 is 10.6 Å². The zero-order chi connectivity index (χ0) is 17.5. The van der Waals surface area contributed by atoms with Gasteiger partial charge in [-0.1, -0.05) is 29.8 Å². The molecule has 24 heavy (non-hydrogen) atoms. The van der Waals surface area contributed by atoms with Crippen LogP contribution in [0.2, 0.25) is 0 Å². The normalized spacial score (nSPS) is 12.0. The Balaban J connectivity index is 1.84. The van der Waals surface area contributed by atoms with Gasteiger partial charge < -0.3 is 20.0 Å². The van der Waals surface area contributed by atoms with Crippen LogP contribution in [0.1, 0.15) is 27.5 Å². The average Bonchev–Trinajstić information content (AvgIpc) is 3.08. The second-order valence-corrected chi connectivity index (χ2v) is 5.89. The van der Waals surface area contributed by atoms with E-state index in [1.54, 1.807) is 6.07 Å². The molecule has 0 aliphatic heterocycles. The van der Waals surface area contributed by atoms with Gasteiger partial charge >= 0.3 is 0 Å². The summed E-state index contributed by atoms with van der Waals surface area (Å²) in [5, 5.41) is 5.42. The van der Waals surface area contributed by atoms with Crippen molar-refractivity contribution in [3.8, 4) is 0 Å². The molecule has 0 aliphatic rings. The standard InChI is InChI=1S/C18H23N3O3/c1-13-4-6-14(7-5-13)16(21(2)3)10-19-17(22)11-20-18(23)15-8-9-24-12-15/h4-9,12,16H,10-11H2,1-3H3,(H,19,22)(H,20,23)/t16-/m0/s1. The molecule has 0 aliphatic carbocycles. The molecule has 2 aromatic rings. The number of benzene rings is 1. The van der Waals surface area contributed by atoms with E-state index in [0.717, 1.165) is 5.56 Å². The van der Waals surface area contributed by atoms with E-state index >= 15 is 0 Å². The van der Waals surface area contributed by atoms with Crippen molar-refractivity contribution in [2.45, 2.75) is 13.0 Å². The molecule has 0 radical (unpaired) electrons. The highest BCUT2D eigenvalue weighted by Crippen LogP contribution is 2.17. The highest BCUT2D eigenvalue weighted by molar-refractivity contribution is 5.96. The maximum absolute atomic E-state index is 12.0. The van der Waals surface area contributed by atoms with Gasteiger partial charge in [0.05, 0.1) is 24.4 Å². The van der Waals surface area contributed by atoms with Crippen LogP contribution in [0.25, 0.3) is 0 Å². The van der Waals surface area contributed by atoms with Crippen LogP contribution in [0.5, 0.6) is 0 Å². The van der Waals surface area contributed by atoms with Crippen molar-refractivity contribution < 1.29 is 14.0 Å². The molecule has 1 atom stereocenters. The highest BCUT2D eigenvalue weighted by Gasteiger charge is 2.15. The van der Waals surface area contributed by atoms with Crippen LogP contribution in [-0.2, 0) is 4.79 Å². The van der Waals surface area contributed by atoms with Crippen molar-refractivity contribution in [1.29, 1.82) is 0 Å². The predicted octanol–water partition coefficient (Wildman–Crippen LogP) is 1.74. The number of carbonyl (C=O) groups is 2. The van der Waals surface area contributed by atoms with E-state index in [4.69, 9.17) is 4.42 Å². The molecular weight excluding hydrogens is 306 g/mol. The van der Waals surface area contributed by atoms with Crippen molar-refractivity contribution in [1.82, 2.24) is 15.5 Å². The number of likely N-dealkylation sites (N-methyl/N-ethyl adjacent to an activating group) is 1. The Morgan fingerprint density at radius 3 is 2.42 bits per heavy atom. The van der Waals surface area contributed by atoms with E-state index in [-0.39, 0.29) is 24.4 Å². The van der Waals surface area contributed by atoms with Gasteiger partial charge in [-0.25, -0.2) is 0 Å². The second-order valence-electron chi connectivity index (χ2n) is 5.89. The lowest BCUT2D eigenvalue weighted by molar-refractivity contribution is -0.120. The van der Waals surface area contributed by atoms with Gasteiger partial charge in [-0.3, -0.25) is 9.59 Å². The molecule has 2 amide bonds. The molecule has 0 unspecified atom stereocenters. The maximum Gasteiger partial charge on any atom is 0.254 e. The molecule has 0 fully saturated rings. The molecule has 0 spiro atoms. The lowest BCUT2D eigenvalue weighted by Gasteiger charge is -2.25. The maximum atomic E-state index is 12.0. The summed E-state index contributed by atoms with van der Waals surface area (Å²) in [6, 6.07) is 9.85. The van der Waals surface area contributed by atoms with Gasteiger partial charge in [0, 0.05) is 6.54 Å². The predicted molar refractivity (Wildman–Crippen MR) is 91.7 cm³/mol.